The highest BCUT2D eigenvalue weighted by Crippen LogP contribution is 2.37. The van der Waals surface area contributed by atoms with Crippen molar-refractivity contribution in [2.75, 3.05) is 56.6 Å². The number of anilines is 2. The molecule has 0 radical (unpaired) electrons. The van der Waals surface area contributed by atoms with Crippen molar-refractivity contribution in [3.63, 3.8) is 0 Å². The molecule has 1 aromatic heterocycles. The van der Waals surface area contributed by atoms with Crippen LogP contribution < -0.4 is 10.2 Å². The van der Waals surface area contributed by atoms with Crippen LogP contribution in [0.4, 0.5) is 11.8 Å². The first-order valence-electron chi connectivity index (χ1n) is 8.63. The predicted octanol–water partition coefficient (Wildman–Crippen LogP) is 0.788. The van der Waals surface area contributed by atoms with E-state index in [9.17, 15) is 4.79 Å². The second-order valence-electron chi connectivity index (χ2n) is 7.44. The Morgan fingerprint density at radius 2 is 1.88 bits per heavy atom. The Labute approximate surface area is 143 Å². The molecular weight excluding hydrogens is 306 g/mol. The average Bonchev–Trinajstić information content (AvgIpc) is 2.53. The van der Waals surface area contributed by atoms with Gasteiger partial charge in [0.1, 0.15) is 5.82 Å². The molecule has 3 rings (SSSR count). The molecule has 0 amide bonds. The van der Waals surface area contributed by atoms with Gasteiger partial charge >= 0.3 is 0 Å². The molecule has 1 aromatic rings. The molecule has 0 bridgehead atoms. The SMILES string of the molecule is CNc1nc(N2CCN(CCO)CC2)nc2c1C(=O)CC(C)(C)C2. The Hall–Kier alpha value is -1.73. The number of hydrogen-bond donors (Lipinski definition) is 2. The van der Waals surface area contributed by atoms with E-state index < -0.39 is 0 Å². The molecule has 2 N–H and O–H groups in total. The number of hydrogen-bond acceptors (Lipinski definition) is 7. The van der Waals surface area contributed by atoms with E-state index in [0.717, 1.165) is 38.3 Å². The maximum Gasteiger partial charge on any atom is 0.227 e. The normalized spacial score (nSPS) is 20.8. The fraction of sp³-hybridized carbons (Fsp3) is 0.706. The molecule has 1 fully saturated rings. The van der Waals surface area contributed by atoms with Crippen molar-refractivity contribution >= 4 is 17.5 Å². The molecule has 2 heterocycles. The molecule has 0 atom stereocenters. The predicted molar refractivity (Wildman–Crippen MR) is 93.8 cm³/mol. The number of β-amino-alcohol motifs (C(OH)–C–C–N with tert-alkyl or cyclic N) is 1. The number of piperazine rings is 1. The first kappa shape index (κ1) is 17.1. The van der Waals surface area contributed by atoms with E-state index in [1.54, 1.807) is 7.05 Å². The molecule has 132 valence electrons. The van der Waals surface area contributed by atoms with E-state index in [2.05, 4.69) is 33.9 Å². The molecule has 24 heavy (non-hydrogen) atoms. The van der Waals surface area contributed by atoms with Crippen LogP contribution in [0, 0.1) is 5.41 Å². The lowest BCUT2D eigenvalue weighted by Gasteiger charge is -2.36. The molecule has 1 saturated heterocycles. The minimum absolute atomic E-state index is 0.0550. The topological polar surface area (TPSA) is 81.6 Å². The fourth-order valence-corrected chi connectivity index (χ4v) is 3.59. The second kappa shape index (κ2) is 6.64. The Morgan fingerprint density at radius 1 is 1.17 bits per heavy atom. The Balaban J connectivity index is 1.87. The van der Waals surface area contributed by atoms with Crippen molar-refractivity contribution in [1.29, 1.82) is 0 Å². The average molecular weight is 333 g/mol. The Morgan fingerprint density at radius 3 is 2.50 bits per heavy atom. The van der Waals surface area contributed by atoms with Gasteiger partial charge in [0, 0.05) is 46.2 Å². The highest BCUT2D eigenvalue weighted by molar-refractivity contribution is 6.03. The molecule has 2 aliphatic rings. The molecule has 1 aliphatic carbocycles. The number of nitrogens with one attached hydrogen (secondary N) is 1. The number of Topliss-reactive ketones (excluding diaryl/α,β-unsaturated/α-hetero) is 1. The van der Waals surface area contributed by atoms with Crippen molar-refractivity contribution in [3.8, 4) is 0 Å². The second-order valence-corrected chi connectivity index (χ2v) is 7.44. The Bertz CT molecular complexity index is 624. The highest BCUT2D eigenvalue weighted by atomic mass is 16.3. The number of ketones is 1. The van der Waals surface area contributed by atoms with Crippen LogP contribution in [-0.4, -0.2) is 72.1 Å². The summed E-state index contributed by atoms with van der Waals surface area (Å²) in [7, 11) is 1.80. The molecule has 7 nitrogen and oxygen atoms in total. The van der Waals surface area contributed by atoms with Gasteiger partial charge < -0.3 is 15.3 Å². The summed E-state index contributed by atoms with van der Waals surface area (Å²) in [6.07, 6.45) is 1.33. The first-order valence-corrected chi connectivity index (χ1v) is 8.63. The number of aliphatic hydroxyl groups excluding tert-OH is 1. The highest BCUT2D eigenvalue weighted by Gasteiger charge is 2.35. The van der Waals surface area contributed by atoms with E-state index in [1.165, 1.54) is 0 Å². The molecule has 0 saturated carbocycles. The smallest absolute Gasteiger partial charge is 0.227 e. The van der Waals surface area contributed by atoms with Gasteiger partial charge in [-0.25, -0.2) is 4.98 Å². The summed E-state index contributed by atoms with van der Waals surface area (Å²) >= 11 is 0. The monoisotopic (exact) mass is 333 g/mol. The minimum atomic E-state index is -0.0550. The van der Waals surface area contributed by atoms with E-state index in [1.807, 2.05) is 0 Å². The zero-order chi connectivity index (χ0) is 17.3. The van der Waals surface area contributed by atoms with Crippen molar-refractivity contribution in [2.24, 2.45) is 5.41 Å². The van der Waals surface area contributed by atoms with Gasteiger partial charge in [-0.05, 0) is 11.8 Å². The molecule has 0 aromatic carbocycles. The van der Waals surface area contributed by atoms with E-state index in [0.29, 0.717) is 30.3 Å². The number of fused-ring (bicyclic) bond motifs is 1. The van der Waals surface area contributed by atoms with Gasteiger partial charge in [-0.3, -0.25) is 9.69 Å². The van der Waals surface area contributed by atoms with Gasteiger partial charge in [-0.1, -0.05) is 13.8 Å². The summed E-state index contributed by atoms with van der Waals surface area (Å²) in [5.74, 6) is 1.48. The van der Waals surface area contributed by atoms with E-state index >= 15 is 0 Å². The number of carbonyl (C=O) groups excluding carboxylic acids is 1. The van der Waals surface area contributed by atoms with Crippen molar-refractivity contribution in [2.45, 2.75) is 26.7 Å². The van der Waals surface area contributed by atoms with Gasteiger partial charge in [-0.2, -0.15) is 4.98 Å². The van der Waals surface area contributed by atoms with Crippen LogP contribution in [0.25, 0.3) is 0 Å². The van der Waals surface area contributed by atoms with Crippen molar-refractivity contribution in [3.05, 3.63) is 11.3 Å². The van der Waals surface area contributed by atoms with Gasteiger partial charge in [0.15, 0.2) is 5.78 Å². The van der Waals surface area contributed by atoms with Gasteiger partial charge in [0.25, 0.3) is 0 Å². The van der Waals surface area contributed by atoms with Crippen molar-refractivity contribution < 1.29 is 9.90 Å². The summed E-state index contributed by atoms with van der Waals surface area (Å²) in [6.45, 7) is 8.57. The lowest BCUT2D eigenvalue weighted by Crippen LogP contribution is -2.48. The quantitative estimate of drug-likeness (QED) is 0.843. The third-order valence-electron chi connectivity index (χ3n) is 4.84. The van der Waals surface area contributed by atoms with Crippen LogP contribution in [-0.2, 0) is 6.42 Å². The largest absolute Gasteiger partial charge is 0.395 e. The summed E-state index contributed by atoms with van der Waals surface area (Å²) in [5.41, 5.74) is 1.48. The van der Waals surface area contributed by atoms with Crippen LogP contribution in [0.3, 0.4) is 0 Å². The van der Waals surface area contributed by atoms with E-state index in [4.69, 9.17) is 10.1 Å². The summed E-state index contributed by atoms with van der Waals surface area (Å²) in [4.78, 5) is 26.3. The summed E-state index contributed by atoms with van der Waals surface area (Å²) in [6, 6.07) is 0. The lowest BCUT2D eigenvalue weighted by atomic mass is 9.76. The number of aromatic nitrogens is 2. The molecule has 1 aliphatic heterocycles. The zero-order valence-electron chi connectivity index (χ0n) is 14.8. The summed E-state index contributed by atoms with van der Waals surface area (Å²) < 4.78 is 0. The van der Waals surface area contributed by atoms with Crippen LogP contribution in [0.15, 0.2) is 0 Å². The zero-order valence-corrected chi connectivity index (χ0v) is 14.8. The fourth-order valence-electron chi connectivity index (χ4n) is 3.59. The number of aliphatic hydroxyl groups is 1. The third-order valence-corrected chi connectivity index (χ3v) is 4.84. The maximum absolute atomic E-state index is 12.5. The van der Waals surface area contributed by atoms with Crippen LogP contribution in [0.2, 0.25) is 0 Å². The summed E-state index contributed by atoms with van der Waals surface area (Å²) in [5, 5.41) is 12.1. The maximum atomic E-state index is 12.5. The molecule has 7 heteroatoms. The van der Waals surface area contributed by atoms with Crippen LogP contribution in [0.1, 0.15) is 36.3 Å². The Kier molecular flexibility index (Phi) is 4.73. The van der Waals surface area contributed by atoms with Crippen LogP contribution >= 0.6 is 0 Å². The standard InChI is InChI=1S/C17H27N5O2/c1-17(2)10-12-14(13(24)11-17)15(18-3)20-16(19-12)22-6-4-21(5-7-22)8-9-23/h23H,4-11H2,1-3H3,(H,18,19,20). The molecule has 0 unspecified atom stereocenters. The molecular formula is C17H27N5O2. The van der Waals surface area contributed by atoms with Gasteiger partial charge in [0.2, 0.25) is 5.95 Å². The number of carbonyl (C=O) groups is 1. The number of rotatable bonds is 4. The van der Waals surface area contributed by atoms with Crippen molar-refractivity contribution in [1.82, 2.24) is 14.9 Å². The van der Waals surface area contributed by atoms with Crippen LogP contribution in [0.5, 0.6) is 0 Å². The first-order chi connectivity index (χ1) is 11.4. The number of nitrogens with zero attached hydrogens (tertiary/aromatic N) is 4. The third kappa shape index (κ3) is 3.37. The lowest BCUT2D eigenvalue weighted by molar-refractivity contribution is 0.0911. The van der Waals surface area contributed by atoms with E-state index in [-0.39, 0.29) is 17.8 Å². The minimum Gasteiger partial charge on any atom is -0.395 e. The molecule has 0 spiro atoms. The van der Waals surface area contributed by atoms with Gasteiger partial charge in [-0.15, -0.1) is 0 Å². The van der Waals surface area contributed by atoms with Gasteiger partial charge in [0.05, 0.1) is 17.9 Å².